The fourth-order valence-corrected chi connectivity index (χ4v) is 3.39. The van der Waals surface area contributed by atoms with Crippen LogP contribution in [0.5, 0.6) is 0 Å². The van der Waals surface area contributed by atoms with E-state index in [1.165, 1.54) is 28.1 Å². The summed E-state index contributed by atoms with van der Waals surface area (Å²) in [5.74, 6) is -0.576. The zero-order valence-corrected chi connectivity index (χ0v) is 12.6. The maximum Gasteiger partial charge on any atom is 0.213 e. The summed E-state index contributed by atoms with van der Waals surface area (Å²) < 4.78 is 0.571. The van der Waals surface area contributed by atoms with Crippen LogP contribution in [0.1, 0.15) is 12.5 Å². The third kappa shape index (κ3) is 1.45. The lowest BCUT2D eigenvalue weighted by Gasteiger charge is -2.44. The Labute approximate surface area is 120 Å². The van der Waals surface area contributed by atoms with Gasteiger partial charge in [-0.05, 0) is 26.1 Å². The predicted octanol–water partition coefficient (Wildman–Crippen LogP) is 3.10. The van der Waals surface area contributed by atoms with Crippen molar-refractivity contribution in [2.45, 2.75) is 19.6 Å². The van der Waals surface area contributed by atoms with Crippen LogP contribution < -0.4 is 15.5 Å². The molecule has 0 saturated carbocycles. The summed E-state index contributed by atoms with van der Waals surface area (Å²) in [4.78, 5) is 0. The van der Waals surface area contributed by atoms with Gasteiger partial charge < -0.3 is 0 Å². The molecule has 1 aliphatic rings. The third-order valence-electron chi connectivity index (χ3n) is 4.80. The molecule has 1 heterocycles. The zero-order chi connectivity index (χ0) is 14.5. The first-order valence-electron chi connectivity index (χ1n) is 6.98. The van der Waals surface area contributed by atoms with E-state index in [1.807, 2.05) is 14.0 Å². The SMILES string of the molecule is CNC(C)(N)[N+]1(C)c2ccccc2-c2cccc(C)c21. The van der Waals surface area contributed by atoms with Crippen molar-refractivity contribution >= 4 is 11.4 Å². The van der Waals surface area contributed by atoms with E-state index >= 15 is 0 Å². The number of aryl methyl sites for hydroxylation is 1. The lowest BCUT2D eigenvalue weighted by molar-refractivity contribution is 0.185. The van der Waals surface area contributed by atoms with Crippen molar-refractivity contribution in [2.24, 2.45) is 5.73 Å². The number of nitrogens with one attached hydrogen (secondary N) is 1. The average Bonchev–Trinajstić information content (AvgIpc) is 2.72. The molecule has 1 aliphatic heterocycles. The van der Waals surface area contributed by atoms with E-state index in [2.05, 4.69) is 61.8 Å². The lowest BCUT2D eigenvalue weighted by Crippen LogP contribution is -2.70. The number of rotatable bonds is 2. The summed E-state index contributed by atoms with van der Waals surface area (Å²) in [5, 5.41) is 3.28. The van der Waals surface area contributed by atoms with Crippen molar-refractivity contribution in [3.63, 3.8) is 0 Å². The van der Waals surface area contributed by atoms with Crippen molar-refractivity contribution in [1.82, 2.24) is 9.80 Å². The van der Waals surface area contributed by atoms with E-state index in [1.54, 1.807) is 0 Å². The second-order valence-electron chi connectivity index (χ2n) is 5.89. The largest absolute Gasteiger partial charge is 0.265 e. The van der Waals surface area contributed by atoms with Gasteiger partial charge in [0.2, 0.25) is 5.79 Å². The standard InChI is InChI=1S/C17H22N3/c1-12-8-7-10-14-13-9-5-6-11-15(13)20(4,16(12)14)17(2,18)19-3/h5-11,19H,18H2,1-4H3/q+1. The first-order valence-corrected chi connectivity index (χ1v) is 6.98. The predicted molar refractivity (Wildman–Crippen MR) is 85.6 cm³/mol. The van der Waals surface area contributed by atoms with Crippen molar-refractivity contribution in [2.75, 3.05) is 14.1 Å². The van der Waals surface area contributed by atoms with Crippen LogP contribution in [-0.4, -0.2) is 19.9 Å². The van der Waals surface area contributed by atoms with Crippen LogP contribution in [0.15, 0.2) is 42.5 Å². The molecule has 0 aliphatic carbocycles. The Hall–Kier alpha value is -1.68. The highest BCUT2D eigenvalue weighted by Gasteiger charge is 2.51. The smallest absolute Gasteiger partial charge is 0.213 e. The molecule has 2 aromatic carbocycles. The maximum atomic E-state index is 6.62. The first-order chi connectivity index (χ1) is 9.43. The third-order valence-corrected chi connectivity index (χ3v) is 4.80. The van der Waals surface area contributed by atoms with Crippen molar-refractivity contribution in [3.8, 4) is 11.1 Å². The molecule has 0 saturated heterocycles. The van der Waals surface area contributed by atoms with Crippen LogP contribution in [0.25, 0.3) is 11.1 Å². The number of fused-ring (bicyclic) bond motifs is 3. The minimum absolute atomic E-state index is 0.571. The van der Waals surface area contributed by atoms with E-state index < -0.39 is 5.79 Å². The lowest BCUT2D eigenvalue weighted by atomic mass is 10.0. The molecule has 0 amide bonds. The Balaban J connectivity index is 2.43. The summed E-state index contributed by atoms with van der Waals surface area (Å²) in [6, 6.07) is 15.0. The fourth-order valence-electron chi connectivity index (χ4n) is 3.39. The van der Waals surface area contributed by atoms with Crippen molar-refractivity contribution < 1.29 is 0 Å². The van der Waals surface area contributed by atoms with E-state index in [0.29, 0.717) is 4.48 Å². The molecular formula is C17H22N3+. The number of nitrogens with two attached hydrogens (primary N) is 1. The highest BCUT2D eigenvalue weighted by Crippen LogP contribution is 2.55. The summed E-state index contributed by atoms with van der Waals surface area (Å²) >= 11 is 0. The fraction of sp³-hybridized carbons (Fsp3) is 0.294. The quantitative estimate of drug-likeness (QED) is 0.649. The van der Waals surface area contributed by atoms with Crippen LogP contribution in [0.2, 0.25) is 0 Å². The molecule has 3 heteroatoms. The average molecular weight is 268 g/mol. The van der Waals surface area contributed by atoms with Gasteiger partial charge >= 0.3 is 0 Å². The van der Waals surface area contributed by atoms with Gasteiger partial charge in [-0.1, -0.05) is 24.3 Å². The van der Waals surface area contributed by atoms with E-state index in [4.69, 9.17) is 5.73 Å². The van der Waals surface area contributed by atoms with Crippen LogP contribution in [-0.2, 0) is 0 Å². The van der Waals surface area contributed by atoms with Gasteiger partial charge in [0, 0.05) is 29.7 Å². The highest BCUT2D eigenvalue weighted by atomic mass is 15.5. The molecule has 104 valence electrons. The van der Waals surface area contributed by atoms with Gasteiger partial charge in [-0.25, -0.2) is 4.48 Å². The molecule has 0 fully saturated rings. The topological polar surface area (TPSA) is 38.0 Å². The molecule has 0 bridgehead atoms. The van der Waals surface area contributed by atoms with Gasteiger partial charge in [0.05, 0.1) is 7.05 Å². The van der Waals surface area contributed by atoms with Crippen LogP contribution >= 0.6 is 0 Å². The van der Waals surface area contributed by atoms with Gasteiger partial charge in [0.1, 0.15) is 5.69 Å². The molecular weight excluding hydrogens is 246 g/mol. The maximum absolute atomic E-state index is 6.62. The molecule has 20 heavy (non-hydrogen) atoms. The molecule has 3 N–H and O–H groups in total. The van der Waals surface area contributed by atoms with E-state index in [9.17, 15) is 0 Å². The zero-order valence-electron chi connectivity index (χ0n) is 12.6. The summed E-state index contributed by atoms with van der Waals surface area (Å²) in [6.45, 7) is 4.21. The summed E-state index contributed by atoms with van der Waals surface area (Å²) in [7, 11) is 4.11. The Bertz CT molecular complexity index is 676. The Morgan fingerprint density at radius 3 is 2.40 bits per heavy atom. The Morgan fingerprint density at radius 2 is 1.70 bits per heavy atom. The summed E-state index contributed by atoms with van der Waals surface area (Å²) in [6.07, 6.45) is 0. The molecule has 0 radical (unpaired) electrons. The van der Waals surface area contributed by atoms with Crippen LogP contribution in [0.4, 0.5) is 11.4 Å². The number of hydrogen-bond donors (Lipinski definition) is 2. The van der Waals surface area contributed by atoms with Crippen LogP contribution in [0, 0.1) is 6.92 Å². The number of hydrogen-bond acceptors (Lipinski definition) is 2. The van der Waals surface area contributed by atoms with E-state index in [0.717, 1.165) is 0 Å². The molecule has 3 nitrogen and oxygen atoms in total. The molecule has 0 spiro atoms. The molecule has 2 unspecified atom stereocenters. The highest BCUT2D eigenvalue weighted by molar-refractivity contribution is 5.96. The Kier molecular flexibility index (Phi) is 2.77. The first kappa shape index (κ1) is 13.3. The second-order valence-corrected chi connectivity index (χ2v) is 5.89. The van der Waals surface area contributed by atoms with Gasteiger partial charge in [0.25, 0.3) is 0 Å². The van der Waals surface area contributed by atoms with Gasteiger partial charge in [0.15, 0.2) is 5.69 Å². The summed E-state index contributed by atoms with van der Waals surface area (Å²) in [5.41, 5.74) is 13.0. The number of nitrogens with zero attached hydrogens (tertiary/aromatic N) is 1. The number of benzene rings is 2. The number of quaternary nitrogens is 1. The van der Waals surface area contributed by atoms with Crippen LogP contribution in [0.3, 0.4) is 0 Å². The Morgan fingerprint density at radius 1 is 1.05 bits per heavy atom. The van der Waals surface area contributed by atoms with E-state index in [-0.39, 0.29) is 0 Å². The van der Waals surface area contributed by atoms with Crippen molar-refractivity contribution in [1.29, 1.82) is 0 Å². The van der Waals surface area contributed by atoms with Gasteiger partial charge in [-0.3, -0.25) is 11.1 Å². The number of para-hydroxylation sites is 2. The molecule has 2 atom stereocenters. The molecule has 0 aromatic heterocycles. The second kappa shape index (κ2) is 4.16. The minimum atomic E-state index is -0.576. The normalized spacial score (nSPS) is 23.1. The monoisotopic (exact) mass is 268 g/mol. The van der Waals surface area contributed by atoms with Gasteiger partial charge in [-0.2, -0.15) is 0 Å². The van der Waals surface area contributed by atoms with Gasteiger partial charge in [-0.15, -0.1) is 0 Å². The van der Waals surface area contributed by atoms with Crippen molar-refractivity contribution in [3.05, 3.63) is 48.0 Å². The molecule has 3 rings (SSSR count). The minimum Gasteiger partial charge on any atom is -0.265 e. The molecule has 2 aromatic rings.